The van der Waals surface area contributed by atoms with Gasteiger partial charge in [-0.3, -0.25) is 4.79 Å². The smallest absolute Gasteiger partial charge is 0.338 e. The van der Waals surface area contributed by atoms with Crippen LogP contribution in [0, 0.1) is 0 Å². The highest BCUT2D eigenvalue weighted by Gasteiger charge is 2.14. The topological polar surface area (TPSA) is 134 Å². The molecule has 0 unspecified atom stereocenters. The Morgan fingerprint density at radius 3 is 2.32 bits per heavy atom. The summed E-state index contributed by atoms with van der Waals surface area (Å²) in [5.41, 5.74) is 0.529. The first kappa shape index (κ1) is 21.2. The monoisotopic (exact) mass is 408 g/mol. The van der Waals surface area contributed by atoms with E-state index in [1.807, 2.05) is 6.92 Å². The molecule has 0 atom stereocenters. The quantitative estimate of drug-likeness (QED) is 0.633. The van der Waals surface area contributed by atoms with Crippen LogP contribution in [0.5, 0.6) is 11.5 Å². The molecule has 0 saturated carbocycles. The van der Waals surface area contributed by atoms with Gasteiger partial charge in [-0.2, -0.15) is 0 Å². The van der Waals surface area contributed by atoms with Crippen molar-refractivity contribution in [1.29, 1.82) is 0 Å². The standard InChI is InChI=1S/C18H20N2O7S/c1-3-26-15-9-4-12(10-16(15)25-2)18(22)27-11-17(21)20-13-5-7-14(8-6-13)28(19,23)24/h4-10H,3,11H2,1-2H3,(H,20,21)(H2,19,23,24). The zero-order valence-corrected chi connectivity index (χ0v) is 16.1. The molecule has 0 aromatic heterocycles. The van der Waals surface area contributed by atoms with Crippen LogP contribution < -0.4 is 19.9 Å². The zero-order chi connectivity index (χ0) is 20.7. The molecule has 0 aliphatic carbocycles. The molecule has 150 valence electrons. The first-order chi connectivity index (χ1) is 13.2. The molecule has 0 bridgehead atoms. The minimum absolute atomic E-state index is 0.0821. The van der Waals surface area contributed by atoms with Crippen LogP contribution in [0.15, 0.2) is 47.4 Å². The molecule has 0 radical (unpaired) electrons. The number of methoxy groups -OCH3 is 1. The lowest BCUT2D eigenvalue weighted by molar-refractivity contribution is -0.119. The van der Waals surface area contributed by atoms with E-state index >= 15 is 0 Å². The fourth-order valence-corrected chi connectivity index (χ4v) is 2.72. The molecule has 0 spiro atoms. The second-order valence-corrected chi connectivity index (χ2v) is 7.05. The molecule has 0 fully saturated rings. The largest absolute Gasteiger partial charge is 0.493 e. The van der Waals surface area contributed by atoms with Gasteiger partial charge in [0.25, 0.3) is 5.91 Å². The molecule has 2 aromatic carbocycles. The molecule has 3 N–H and O–H groups in total. The van der Waals surface area contributed by atoms with Gasteiger partial charge in [0.15, 0.2) is 18.1 Å². The molecule has 0 heterocycles. The highest BCUT2D eigenvalue weighted by molar-refractivity contribution is 7.89. The number of esters is 1. The number of carbonyl (C=O) groups is 2. The van der Waals surface area contributed by atoms with Crippen molar-refractivity contribution in [3.05, 3.63) is 48.0 Å². The van der Waals surface area contributed by atoms with Gasteiger partial charge in [-0.1, -0.05) is 0 Å². The van der Waals surface area contributed by atoms with Gasteiger partial charge in [-0.05, 0) is 49.4 Å². The summed E-state index contributed by atoms with van der Waals surface area (Å²) in [4.78, 5) is 23.9. The summed E-state index contributed by atoms with van der Waals surface area (Å²) >= 11 is 0. The number of nitrogens with one attached hydrogen (secondary N) is 1. The van der Waals surface area contributed by atoms with Crippen molar-refractivity contribution in [2.75, 3.05) is 25.6 Å². The molecule has 2 aromatic rings. The Bertz CT molecular complexity index is 956. The molecule has 28 heavy (non-hydrogen) atoms. The highest BCUT2D eigenvalue weighted by Crippen LogP contribution is 2.28. The minimum Gasteiger partial charge on any atom is -0.493 e. The normalized spacial score (nSPS) is 10.8. The molecule has 1 amide bonds. The first-order valence-corrected chi connectivity index (χ1v) is 9.70. The van der Waals surface area contributed by atoms with E-state index < -0.39 is 28.5 Å². The summed E-state index contributed by atoms with van der Waals surface area (Å²) in [6.45, 7) is 1.74. The average Bonchev–Trinajstić information content (AvgIpc) is 2.66. The minimum atomic E-state index is -3.81. The van der Waals surface area contributed by atoms with Crippen LogP contribution in [0.4, 0.5) is 5.69 Å². The van der Waals surface area contributed by atoms with E-state index in [4.69, 9.17) is 19.3 Å². The van der Waals surface area contributed by atoms with Gasteiger partial charge in [-0.25, -0.2) is 18.4 Å². The number of carbonyl (C=O) groups excluding carboxylic acids is 2. The van der Waals surface area contributed by atoms with Gasteiger partial charge >= 0.3 is 5.97 Å². The van der Waals surface area contributed by atoms with E-state index in [1.54, 1.807) is 6.07 Å². The SMILES string of the molecule is CCOc1ccc(C(=O)OCC(=O)Nc2ccc(S(N)(=O)=O)cc2)cc1OC. The summed E-state index contributed by atoms with van der Waals surface area (Å²) in [6.07, 6.45) is 0. The van der Waals surface area contributed by atoms with E-state index in [0.29, 0.717) is 23.8 Å². The van der Waals surface area contributed by atoms with Crippen LogP contribution in [0.25, 0.3) is 0 Å². The Balaban J connectivity index is 1.94. The number of primary sulfonamides is 1. The van der Waals surface area contributed by atoms with Crippen LogP contribution in [0.2, 0.25) is 0 Å². The molecule has 2 rings (SSSR count). The number of hydrogen-bond acceptors (Lipinski definition) is 7. The van der Waals surface area contributed by atoms with Crippen LogP contribution in [-0.2, 0) is 19.6 Å². The summed E-state index contributed by atoms with van der Waals surface area (Å²) in [6, 6.07) is 9.78. The lowest BCUT2D eigenvalue weighted by Crippen LogP contribution is -2.21. The summed E-state index contributed by atoms with van der Waals surface area (Å²) in [5.74, 6) is -0.436. The number of rotatable bonds is 8. The van der Waals surface area contributed by atoms with Gasteiger partial charge in [0.1, 0.15) is 0 Å². The Morgan fingerprint density at radius 1 is 1.07 bits per heavy atom. The van der Waals surface area contributed by atoms with Crippen LogP contribution in [0.1, 0.15) is 17.3 Å². The van der Waals surface area contributed by atoms with E-state index in [0.717, 1.165) is 0 Å². The van der Waals surface area contributed by atoms with Crippen LogP contribution >= 0.6 is 0 Å². The third-order valence-corrected chi connectivity index (χ3v) is 4.43. The molecule has 0 saturated heterocycles. The maximum atomic E-state index is 12.1. The van der Waals surface area contributed by atoms with E-state index in [-0.39, 0.29) is 10.5 Å². The fraction of sp³-hybridized carbons (Fsp3) is 0.222. The lowest BCUT2D eigenvalue weighted by Gasteiger charge is -2.11. The second kappa shape index (κ2) is 9.20. The van der Waals surface area contributed by atoms with E-state index in [1.165, 1.54) is 43.5 Å². The summed E-state index contributed by atoms with van der Waals surface area (Å²) in [5, 5.41) is 7.48. The third kappa shape index (κ3) is 5.69. The van der Waals surface area contributed by atoms with Crippen molar-refractivity contribution in [3.8, 4) is 11.5 Å². The second-order valence-electron chi connectivity index (χ2n) is 5.49. The lowest BCUT2D eigenvalue weighted by atomic mass is 10.2. The predicted molar refractivity (Wildman–Crippen MR) is 101 cm³/mol. The fourth-order valence-electron chi connectivity index (χ4n) is 2.21. The van der Waals surface area contributed by atoms with Gasteiger partial charge < -0.3 is 19.5 Å². The van der Waals surface area contributed by atoms with Crippen molar-refractivity contribution < 1.29 is 32.2 Å². The Hall–Kier alpha value is -3.11. The van der Waals surface area contributed by atoms with Crippen LogP contribution in [0.3, 0.4) is 0 Å². The van der Waals surface area contributed by atoms with Crippen molar-refractivity contribution in [2.45, 2.75) is 11.8 Å². The highest BCUT2D eigenvalue weighted by atomic mass is 32.2. The maximum absolute atomic E-state index is 12.1. The van der Waals surface area contributed by atoms with Crippen molar-refractivity contribution in [1.82, 2.24) is 0 Å². The van der Waals surface area contributed by atoms with E-state index in [9.17, 15) is 18.0 Å². The molecule has 0 aliphatic heterocycles. The number of nitrogens with two attached hydrogens (primary N) is 1. The number of amides is 1. The molecular formula is C18H20N2O7S. The maximum Gasteiger partial charge on any atom is 0.338 e. The molecule has 0 aliphatic rings. The number of hydrogen-bond donors (Lipinski definition) is 2. The number of anilines is 1. The Labute approximate surface area is 162 Å². The third-order valence-electron chi connectivity index (χ3n) is 3.50. The number of benzene rings is 2. The van der Waals surface area contributed by atoms with Crippen molar-refractivity contribution in [3.63, 3.8) is 0 Å². The Morgan fingerprint density at radius 2 is 1.75 bits per heavy atom. The molecular weight excluding hydrogens is 388 g/mol. The van der Waals surface area contributed by atoms with Crippen LogP contribution in [-0.4, -0.2) is 40.6 Å². The Kier molecular flexibility index (Phi) is 6.96. The predicted octanol–water partition coefficient (Wildman–Crippen LogP) is 1.54. The number of ether oxygens (including phenoxy) is 3. The van der Waals surface area contributed by atoms with E-state index in [2.05, 4.69) is 5.32 Å². The average molecular weight is 408 g/mol. The van der Waals surface area contributed by atoms with Crippen molar-refractivity contribution >= 4 is 27.6 Å². The summed E-state index contributed by atoms with van der Waals surface area (Å²) < 4.78 is 37.9. The van der Waals surface area contributed by atoms with Gasteiger partial charge in [0, 0.05) is 5.69 Å². The van der Waals surface area contributed by atoms with Crippen molar-refractivity contribution in [2.24, 2.45) is 5.14 Å². The van der Waals surface area contributed by atoms with Gasteiger partial charge in [0.05, 0.1) is 24.2 Å². The summed E-state index contributed by atoms with van der Waals surface area (Å²) in [7, 11) is -2.37. The number of sulfonamides is 1. The first-order valence-electron chi connectivity index (χ1n) is 8.15. The molecule has 9 nitrogen and oxygen atoms in total. The zero-order valence-electron chi connectivity index (χ0n) is 15.3. The molecule has 10 heteroatoms. The van der Waals surface area contributed by atoms with Gasteiger partial charge in [0.2, 0.25) is 10.0 Å². The van der Waals surface area contributed by atoms with Gasteiger partial charge in [-0.15, -0.1) is 0 Å².